The van der Waals surface area contributed by atoms with Crippen LogP contribution >= 0.6 is 0 Å². The van der Waals surface area contributed by atoms with Crippen molar-refractivity contribution in [2.24, 2.45) is 11.8 Å². The predicted octanol–water partition coefficient (Wildman–Crippen LogP) is 10.2. The van der Waals surface area contributed by atoms with Gasteiger partial charge in [0.1, 0.15) is 10.1 Å². The first-order valence-electron chi connectivity index (χ1n) is 22.5. The number of ether oxygens (including phenoxy) is 2. The van der Waals surface area contributed by atoms with E-state index in [-0.39, 0.29) is 54.6 Å². The molecule has 7 nitrogen and oxygen atoms in total. The summed E-state index contributed by atoms with van der Waals surface area (Å²) in [5, 5.41) is -2.07. The molecule has 0 aliphatic carbocycles. The molecule has 0 saturated carbocycles. The average molecular weight is 781 g/mol. The zero-order valence-electron chi connectivity index (χ0n) is 35.7. The molecule has 0 radical (unpaired) electrons. The summed E-state index contributed by atoms with van der Waals surface area (Å²) in [6, 6.07) is 0. The second kappa shape index (κ2) is 40.1. The summed E-state index contributed by atoms with van der Waals surface area (Å²) >= 11 is 0. The van der Waals surface area contributed by atoms with Crippen LogP contribution in [0.4, 0.5) is 0 Å². The van der Waals surface area contributed by atoms with Crippen LogP contribution in [0.1, 0.15) is 240 Å². The Hall–Kier alpha value is -0.150. The molecule has 3 atom stereocenters. The molecule has 310 valence electrons. The van der Waals surface area contributed by atoms with Crippen molar-refractivity contribution in [3.05, 3.63) is 0 Å². The van der Waals surface area contributed by atoms with E-state index in [4.69, 9.17) is 9.47 Å². The number of unbranched alkanes of at least 4 members (excludes halogenated alkanes) is 26. The summed E-state index contributed by atoms with van der Waals surface area (Å²) in [6.45, 7) is 8.82. The zero-order valence-corrected chi connectivity index (χ0v) is 38.6. The number of esters is 2. The minimum Gasteiger partial charge on any atom is -0.747 e. The largest absolute Gasteiger partial charge is 1.00 e. The van der Waals surface area contributed by atoms with Crippen LogP contribution in [-0.4, -0.2) is 43.4 Å². The van der Waals surface area contributed by atoms with Gasteiger partial charge in [-0.15, -0.1) is 0 Å². The summed E-state index contributed by atoms with van der Waals surface area (Å²) < 4.78 is 46.5. The van der Waals surface area contributed by atoms with Crippen molar-refractivity contribution in [3.8, 4) is 0 Å². The van der Waals surface area contributed by atoms with Gasteiger partial charge in [-0.3, -0.25) is 9.59 Å². The van der Waals surface area contributed by atoms with Gasteiger partial charge in [-0.1, -0.05) is 220 Å². The maximum Gasteiger partial charge on any atom is 1.00 e. The zero-order chi connectivity index (χ0) is 38.5. The van der Waals surface area contributed by atoms with E-state index in [0.29, 0.717) is 0 Å². The number of carbonyl (C=O) groups excluding carboxylic acids is 2. The molecule has 0 saturated heterocycles. The molecule has 0 amide bonds. The Balaban J connectivity index is 0. The van der Waals surface area contributed by atoms with Crippen molar-refractivity contribution < 1.29 is 61.6 Å². The minimum atomic E-state index is -5.06. The van der Waals surface area contributed by atoms with Gasteiger partial charge in [0.2, 0.25) is 0 Å². The molecule has 0 aromatic rings. The molecule has 0 heterocycles. The maximum absolute atomic E-state index is 12.7. The second-order valence-corrected chi connectivity index (χ2v) is 17.4. The van der Waals surface area contributed by atoms with E-state index in [1.165, 1.54) is 154 Å². The topological polar surface area (TPSA) is 110 Å². The van der Waals surface area contributed by atoms with Crippen LogP contribution in [0.25, 0.3) is 0 Å². The molecule has 0 N–H and O–H groups in total. The van der Waals surface area contributed by atoms with Crippen LogP contribution in [0.15, 0.2) is 0 Å². The Kier molecular flexibility index (Phi) is 41.5. The van der Waals surface area contributed by atoms with Crippen molar-refractivity contribution in [3.63, 3.8) is 0 Å². The van der Waals surface area contributed by atoms with Gasteiger partial charge in [0, 0.05) is 0 Å². The van der Waals surface area contributed by atoms with E-state index in [1.54, 1.807) is 0 Å². The van der Waals surface area contributed by atoms with Gasteiger partial charge in [0.15, 0.2) is 5.25 Å². The van der Waals surface area contributed by atoms with E-state index in [2.05, 4.69) is 13.8 Å². The van der Waals surface area contributed by atoms with Gasteiger partial charge in [-0.25, -0.2) is 8.42 Å². The van der Waals surface area contributed by atoms with E-state index >= 15 is 0 Å². The van der Waals surface area contributed by atoms with Gasteiger partial charge in [0.25, 0.3) is 0 Å². The average Bonchev–Trinajstić information content (AvgIpc) is 3.12. The molecule has 0 fully saturated rings. The van der Waals surface area contributed by atoms with Crippen LogP contribution in [-0.2, 0) is 29.2 Å². The minimum absolute atomic E-state index is 0. The molecule has 0 aromatic carbocycles. The molecule has 3 unspecified atom stereocenters. The number of hydrogen-bond acceptors (Lipinski definition) is 7. The maximum atomic E-state index is 12.7. The second-order valence-electron chi connectivity index (χ2n) is 15.8. The first kappa shape index (κ1) is 54.9. The van der Waals surface area contributed by atoms with E-state index in [0.717, 1.165) is 51.4 Å². The quantitative estimate of drug-likeness (QED) is 0.0264. The smallest absolute Gasteiger partial charge is 0.747 e. The van der Waals surface area contributed by atoms with Crippen molar-refractivity contribution in [1.82, 2.24) is 0 Å². The summed E-state index contributed by atoms with van der Waals surface area (Å²) in [5.74, 6) is -1.70. The Morgan fingerprint density at radius 1 is 0.472 bits per heavy atom. The fourth-order valence-electron chi connectivity index (χ4n) is 7.08. The number of carbonyl (C=O) groups is 2. The summed E-state index contributed by atoms with van der Waals surface area (Å²) in [5.41, 5.74) is 0. The number of hydrogen-bond donors (Lipinski definition) is 0. The van der Waals surface area contributed by atoms with Crippen molar-refractivity contribution in [1.29, 1.82) is 0 Å². The van der Waals surface area contributed by atoms with E-state index in [9.17, 15) is 22.6 Å². The molecule has 0 spiro atoms. The molecule has 0 aliphatic heterocycles. The van der Waals surface area contributed by atoms with Crippen LogP contribution in [0, 0.1) is 11.8 Å². The molecule has 0 aliphatic rings. The first-order chi connectivity index (χ1) is 25.2. The van der Waals surface area contributed by atoms with Crippen molar-refractivity contribution in [2.75, 3.05) is 13.2 Å². The van der Waals surface area contributed by atoms with Crippen LogP contribution in [0.2, 0.25) is 0 Å². The summed E-state index contributed by atoms with van der Waals surface area (Å²) in [7, 11) is -5.06. The molecule has 0 rings (SSSR count). The molecular weight excluding hydrogens is 696 g/mol. The first-order valence-corrected chi connectivity index (χ1v) is 23.9. The van der Waals surface area contributed by atoms with E-state index in [1.807, 2.05) is 13.8 Å². The van der Waals surface area contributed by atoms with Crippen molar-refractivity contribution in [2.45, 2.75) is 245 Å². The summed E-state index contributed by atoms with van der Waals surface area (Å²) in [6.07, 6.45) is 39.0. The molecule has 9 heteroatoms. The van der Waals surface area contributed by atoms with Gasteiger partial charge in [0.05, 0.1) is 19.6 Å². The van der Waals surface area contributed by atoms with Gasteiger partial charge >= 0.3 is 41.5 Å². The third-order valence-electron chi connectivity index (χ3n) is 11.0. The van der Waals surface area contributed by atoms with Crippen LogP contribution < -0.4 is 29.6 Å². The van der Waals surface area contributed by atoms with Crippen LogP contribution in [0.3, 0.4) is 0 Å². The third-order valence-corrected chi connectivity index (χ3v) is 12.0. The Morgan fingerprint density at radius 3 is 1.04 bits per heavy atom. The molecule has 0 bridgehead atoms. The van der Waals surface area contributed by atoms with Gasteiger partial charge in [-0.05, 0) is 24.7 Å². The SMILES string of the molecule is CCCCCCCCCCCCCCCCC(CC)COC(=O)CC(C(=O)OCC(CC)CCCCCCCCCCCCCCCC)S(=O)(=O)[O-].[Na+]. The number of rotatable bonds is 40. The summed E-state index contributed by atoms with van der Waals surface area (Å²) in [4.78, 5) is 25.2. The van der Waals surface area contributed by atoms with Crippen molar-refractivity contribution >= 4 is 22.1 Å². The van der Waals surface area contributed by atoms with Crippen LogP contribution in [0.5, 0.6) is 0 Å². The van der Waals surface area contributed by atoms with Gasteiger partial charge in [-0.2, -0.15) is 0 Å². The molecule has 0 aromatic heterocycles. The fourth-order valence-corrected chi connectivity index (χ4v) is 7.73. The fraction of sp³-hybridized carbons (Fsp3) is 0.955. The van der Waals surface area contributed by atoms with E-state index < -0.39 is 33.7 Å². The standard InChI is InChI=1S/C44H86O7S.Na/c1-5-9-11-13-15-17-19-21-23-25-27-29-31-33-35-40(7-3)38-50-43(45)37-42(52(47,48)49)44(46)51-39-41(8-4)36-34-32-30-28-26-24-22-20-18-16-14-12-10-6-2;/h40-42H,5-39H2,1-4H3,(H,47,48,49);/q;+1/p-1. The monoisotopic (exact) mass is 781 g/mol. The molecule has 53 heavy (non-hydrogen) atoms. The third kappa shape index (κ3) is 36.0. The Labute approximate surface area is 351 Å². The Bertz CT molecular complexity index is 913. The normalized spacial score (nSPS) is 13.3. The molecular formula is C44H85NaO7S. The Morgan fingerprint density at radius 2 is 0.755 bits per heavy atom. The predicted molar refractivity (Wildman–Crippen MR) is 217 cm³/mol. The van der Waals surface area contributed by atoms with Gasteiger partial charge < -0.3 is 14.0 Å².